The summed E-state index contributed by atoms with van der Waals surface area (Å²) in [5.74, 6) is 0.0168. The quantitative estimate of drug-likeness (QED) is 0.282. The molecule has 3 aromatic rings. The summed E-state index contributed by atoms with van der Waals surface area (Å²) < 4.78 is 21.7. The number of nitrogens with zero attached hydrogens (tertiary/aromatic N) is 1. The third-order valence-corrected chi connectivity index (χ3v) is 6.34. The van der Waals surface area contributed by atoms with Gasteiger partial charge in [0.1, 0.15) is 17.3 Å². The Labute approximate surface area is 212 Å². The van der Waals surface area contributed by atoms with E-state index in [0.717, 1.165) is 0 Å². The second-order valence-corrected chi connectivity index (χ2v) is 8.46. The van der Waals surface area contributed by atoms with Gasteiger partial charge in [0.2, 0.25) is 6.79 Å². The Balaban J connectivity index is 1.70. The third kappa shape index (κ3) is 3.99. The molecule has 1 N–H and O–H groups in total. The van der Waals surface area contributed by atoms with Gasteiger partial charge in [0.25, 0.3) is 11.7 Å². The molecule has 0 aromatic heterocycles. The molecule has 0 bridgehead atoms. The number of aliphatic hydroxyl groups is 1. The van der Waals surface area contributed by atoms with Crippen LogP contribution >= 0.6 is 11.6 Å². The van der Waals surface area contributed by atoms with Crippen molar-refractivity contribution < 1.29 is 33.6 Å². The van der Waals surface area contributed by atoms with Crippen LogP contribution in [-0.2, 0) is 9.59 Å². The highest BCUT2D eigenvalue weighted by Gasteiger charge is 2.47. The Morgan fingerprint density at radius 2 is 1.75 bits per heavy atom. The van der Waals surface area contributed by atoms with E-state index >= 15 is 0 Å². The lowest BCUT2D eigenvalue weighted by Crippen LogP contribution is -2.29. The average Bonchev–Trinajstić information content (AvgIpc) is 3.46. The van der Waals surface area contributed by atoms with Crippen LogP contribution in [0.25, 0.3) is 5.76 Å². The largest absolute Gasteiger partial charge is 0.507 e. The highest BCUT2D eigenvalue weighted by molar-refractivity contribution is 6.52. The Kier molecular flexibility index (Phi) is 6.20. The van der Waals surface area contributed by atoms with E-state index in [4.69, 9.17) is 30.5 Å². The van der Waals surface area contributed by atoms with Crippen LogP contribution in [0.3, 0.4) is 0 Å². The lowest BCUT2D eigenvalue weighted by atomic mass is 9.95. The molecule has 36 heavy (non-hydrogen) atoms. The van der Waals surface area contributed by atoms with Crippen LogP contribution in [0.4, 0.5) is 5.69 Å². The van der Waals surface area contributed by atoms with E-state index in [-0.39, 0.29) is 23.0 Å². The van der Waals surface area contributed by atoms with E-state index < -0.39 is 23.5 Å². The van der Waals surface area contributed by atoms with Crippen LogP contribution in [0.2, 0.25) is 5.02 Å². The number of fused-ring (bicyclic) bond motifs is 1. The molecule has 0 radical (unpaired) electrons. The first-order valence-electron chi connectivity index (χ1n) is 11.2. The number of aliphatic hydroxyl groups excluding tert-OH is 1. The molecule has 2 heterocycles. The number of carbonyl (C=O) groups is 2. The molecule has 0 aliphatic carbocycles. The fourth-order valence-electron chi connectivity index (χ4n) is 4.32. The van der Waals surface area contributed by atoms with Gasteiger partial charge in [-0.05, 0) is 55.0 Å². The fraction of sp³-hybridized carbons (Fsp3) is 0.185. The number of hydrogen-bond donors (Lipinski definition) is 1. The van der Waals surface area contributed by atoms with Crippen LogP contribution in [-0.4, -0.2) is 37.3 Å². The van der Waals surface area contributed by atoms with E-state index in [1.807, 2.05) is 6.92 Å². The molecular weight excluding hydrogens is 486 g/mol. The van der Waals surface area contributed by atoms with Gasteiger partial charge in [0, 0.05) is 17.3 Å². The zero-order valence-electron chi connectivity index (χ0n) is 19.5. The SMILES string of the molecule is CCOc1ccc(C2/C(=C(\O)c3cc(OC)ccc3Cl)C(=O)C(=O)N2c2ccc3c(c2)OCO3)cc1. The predicted octanol–water partition coefficient (Wildman–Crippen LogP) is 5.10. The first-order chi connectivity index (χ1) is 17.4. The molecule has 3 aromatic carbocycles. The fourth-order valence-corrected chi connectivity index (χ4v) is 4.53. The van der Waals surface area contributed by atoms with E-state index in [1.165, 1.54) is 18.1 Å². The molecule has 8 nitrogen and oxygen atoms in total. The summed E-state index contributed by atoms with van der Waals surface area (Å²) in [7, 11) is 1.48. The van der Waals surface area contributed by atoms with Gasteiger partial charge in [-0.1, -0.05) is 23.7 Å². The maximum atomic E-state index is 13.4. The minimum Gasteiger partial charge on any atom is -0.507 e. The van der Waals surface area contributed by atoms with Crippen LogP contribution in [0.1, 0.15) is 24.1 Å². The van der Waals surface area contributed by atoms with Crippen molar-refractivity contribution in [1.82, 2.24) is 0 Å². The van der Waals surface area contributed by atoms with Gasteiger partial charge in [0.15, 0.2) is 11.5 Å². The molecule has 1 amide bonds. The lowest BCUT2D eigenvalue weighted by molar-refractivity contribution is -0.132. The second kappa shape index (κ2) is 9.47. The predicted molar refractivity (Wildman–Crippen MR) is 133 cm³/mol. The number of halogens is 1. The summed E-state index contributed by atoms with van der Waals surface area (Å²) in [4.78, 5) is 28.1. The molecule has 0 spiro atoms. The average molecular weight is 508 g/mol. The van der Waals surface area contributed by atoms with Gasteiger partial charge >= 0.3 is 0 Å². The van der Waals surface area contributed by atoms with E-state index in [1.54, 1.807) is 54.6 Å². The number of ether oxygens (including phenoxy) is 4. The van der Waals surface area contributed by atoms with Crippen LogP contribution < -0.4 is 23.8 Å². The summed E-state index contributed by atoms with van der Waals surface area (Å²) in [5, 5.41) is 11.6. The zero-order chi connectivity index (χ0) is 25.4. The number of hydrogen-bond acceptors (Lipinski definition) is 7. The number of ketones is 1. The number of methoxy groups -OCH3 is 1. The van der Waals surface area contributed by atoms with Gasteiger partial charge < -0.3 is 24.1 Å². The van der Waals surface area contributed by atoms with Gasteiger partial charge in [-0.15, -0.1) is 0 Å². The van der Waals surface area contributed by atoms with E-state index in [0.29, 0.717) is 40.9 Å². The van der Waals surface area contributed by atoms with Gasteiger partial charge in [-0.25, -0.2) is 0 Å². The molecule has 1 saturated heterocycles. The third-order valence-electron chi connectivity index (χ3n) is 6.01. The lowest BCUT2D eigenvalue weighted by Gasteiger charge is -2.26. The maximum absolute atomic E-state index is 13.4. The molecule has 184 valence electrons. The van der Waals surface area contributed by atoms with Crippen LogP contribution in [0, 0.1) is 0 Å². The smallest absolute Gasteiger partial charge is 0.300 e. The van der Waals surface area contributed by atoms with Gasteiger partial charge in [0.05, 0.1) is 30.4 Å². The molecule has 2 aliphatic rings. The summed E-state index contributed by atoms with van der Waals surface area (Å²) in [6, 6.07) is 15.7. The van der Waals surface area contributed by atoms with Crippen molar-refractivity contribution in [1.29, 1.82) is 0 Å². The molecule has 5 rings (SSSR count). The first-order valence-corrected chi connectivity index (χ1v) is 11.6. The number of carbonyl (C=O) groups excluding carboxylic acids is 2. The van der Waals surface area contributed by atoms with Crippen molar-refractivity contribution in [3.63, 3.8) is 0 Å². The summed E-state index contributed by atoms with van der Waals surface area (Å²) in [6.07, 6.45) is 0. The molecule has 1 fully saturated rings. The zero-order valence-corrected chi connectivity index (χ0v) is 20.2. The Morgan fingerprint density at radius 3 is 2.47 bits per heavy atom. The number of benzene rings is 3. The Morgan fingerprint density at radius 1 is 1.03 bits per heavy atom. The van der Waals surface area contributed by atoms with Crippen molar-refractivity contribution >= 4 is 34.7 Å². The summed E-state index contributed by atoms with van der Waals surface area (Å²) >= 11 is 6.37. The topological polar surface area (TPSA) is 94.5 Å². The highest BCUT2D eigenvalue weighted by Crippen LogP contribution is 2.45. The standard InChI is InChI=1S/C27H22ClNO7/c1-3-34-17-7-4-15(5-8-17)24-23(25(30)19-13-18(33-2)9-10-20(19)28)26(31)27(32)29(24)16-6-11-21-22(12-16)36-14-35-21/h4-13,24,30H,3,14H2,1-2H3/b25-23+. The molecular formula is C27H22ClNO7. The van der Waals surface area contributed by atoms with Crippen molar-refractivity contribution in [3.8, 4) is 23.0 Å². The molecule has 1 atom stereocenters. The van der Waals surface area contributed by atoms with Crippen molar-refractivity contribution in [2.24, 2.45) is 0 Å². The normalized spacial score (nSPS) is 18.0. The minimum absolute atomic E-state index is 0.0638. The molecule has 2 aliphatic heterocycles. The summed E-state index contributed by atoms with van der Waals surface area (Å²) in [6.45, 7) is 2.43. The monoisotopic (exact) mass is 507 g/mol. The van der Waals surface area contributed by atoms with E-state index in [2.05, 4.69) is 0 Å². The van der Waals surface area contributed by atoms with Gasteiger partial charge in [-0.2, -0.15) is 0 Å². The molecule has 9 heteroatoms. The number of rotatable bonds is 6. The minimum atomic E-state index is -0.941. The molecule has 0 saturated carbocycles. The van der Waals surface area contributed by atoms with Crippen LogP contribution in [0.15, 0.2) is 66.2 Å². The van der Waals surface area contributed by atoms with Gasteiger partial charge in [-0.3, -0.25) is 14.5 Å². The summed E-state index contributed by atoms with van der Waals surface area (Å²) in [5.41, 5.74) is 1.08. The molecule has 1 unspecified atom stereocenters. The van der Waals surface area contributed by atoms with Crippen molar-refractivity contribution in [3.05, 3.63) is 82.4 Å². The van der Waals surface area contributed by atoms with Crippen molar-refractivity contribution in [2.45, 2.75) is 13.0 Å². The number of amides is 1. The van der Waals surface area contributed by atoms with Crippen molar-refractivity contribution in [2.75, 3.05) is 25.4 Å². The number of anilines is 1. The Hall–Kier alpha value is -4.17. The highest BCUT2D eigenvalue weighted by atomic mass is 35.5. The first kappa shape index (κ1) is 23.6. The maximum Gasteiger partial charge on any atom is 0.300 e. The second-order valence-electron chi connectivity index (χ2n) is 8.05. The van der Waals surface area contributed by atoms with E-state index in [9.17, 15) is 14.7 Å². The Bertz CT molecular complexity index is 1380. The number of Topliss-reactive ketones (excluding diaryl/α,β-unsaturated/α-hetero) is 1. The van der Waals surface area contributed by atoms with Crippen LogP contribution in [0.5, 0.6) is 23.0 Å².